The Hall–Kier alpha value is -2.60. The Kier molecular flexibility index (Phi) is 7.47. The fourth-order valence-electron chi connectivity index (χ4n) is 3.53. The Morgan fingerprint density at radius 2 is 1.83 bits per heavy atom. The molecule has 5 nitrogen and oxygen atoms in total. The fraction of sp³-hybridized carbons (Fsp3) is 0.391. The van der Waals surface area contributed by atoms with Crippen LogP contribution in [0, 0.1) is 6.92 Å². The number of nitrogens with zero attached hydrogens (tertiary/aromatic N) is 1. The summed E-state index contributed by atoms with van der Waals surface area (Å²) in [6, 6.07) is 14.2. The van der Waals surface area contributed by atoms with E-state index in [0.29, 0.717) is 23.8 Å². The minimum Gasteiger partial charge on any atom is -0.462 e. The van der Waals surface area contributed by atoms with E-state index in [9.17, 15) is 4.79 Å². The molecular formula is C23H29N3O2S. The number of hydrogen-bond donors (Lipinski definition) is 2. The third-order valence-electron chi connectivity index (χ3n) is 5.19. The SMILES string of the molecule is CCOC(=O)c1cccc(NC(=S)NCc2ccc(N3CCCCC3)cc2)c1C. The molecule has 154 valence electrons. The number of esters is 1. The van der Waals surface area contributed by atoms with Crippen molar-refractivity contribution in [2.75, 3.05) is 29.9 Å². The minimum absolute atomic E-state index is 0.318. The van der Waals surface area contributed by atoms with E-state index in [1.807, 2.05) is 19.1 Å². The first-order valence-corrected chi connectivity index (χ1v) is 10.6. The molecule has 0 bridgehead atoms. The lowest BCUT2D eigenvalue weighted by Gasteiger charge is -2.28. The van der Waals surface area contributed by atoms with E-state index in [1.165, 1.54) is 30.5 Å². The molecule has 0 unspecified atom stereocenters. The lowest BCUT2D eigenvalue weighted by atomic mass is 10.1. The van der Waals surface area contributed by atoms with Crippen molar-refractivity contribution in [3.8, 4) is 0 Å². The number of hydrogen-bond acceptors (Lipinski definition) is 4. The molecule has 1 heterocycles. The standard InChI is InChI=1S/C23H29N3O2S/c1-3-28-22(27)20-8-7-9-21(17(20)2)25-23(29)24-16-18-10-12-19(13-11-18)26-14-5-4-6-15-26/h7-13H,3-6,14-16H2,1-2H3,(H2,24,25,29). The van der Waals surface area contributed by atoms with Crippen molar-refractivity contribution in [1.82, 2.24) is 5.32 Å². The summed E-state index contributed by atoms with van der Waals surface area (Å²) in [5, 5.41) is 6.95. The van der Waals surface area contributed by atoms with Gasteiger partial charge in [0.05, 0.1) is 12.2 Å². The van der Waals surface area contributed by atoms with Crippen LogP contribution in [-0.4, -0.2) is 30.8 Å². The summed E-state index contributed by atoms with van der Waals surface area (Å²) in [6.07, 6.45) is 3.89. The summed E-state index contributed by atoms with van der Waals surface area (Å²) in [6.45, 7) is 6.98. The Bertz CT molecular complexity index is 846. The highest BCUT2D eigenvalue weighted by Gasteiger charge is 2.13. The smallest absolute Gasteiger partial charge is 0.338 e. The van der Waals surface area contributed by atoms with Crippen LogP contribution in [0.1, 0.15) is 47.7 Å². The monoisotopic (exact) mass is 411 g/mol. The van der Waals surface area contributed by atoms with E-state index in [0.717, 1.165) is 24.3 Å². The first kappa shape index (κ1) is 21.1. The molecule has 0 amide bonds. The van der Waals surface area contributed by atoms with Gasteiger partial charge < -0.3 is 20.3 Å². The van der Waals surface area contributed by atoms with Crippen molar-refractivity contribution >= 4 is 34.7 Å². The average Bonchev–Trinajstić information content (AvgIpc) is 2.75. The molecule has 1 saturated heterocycles. The average molecular weight is 412 g/mol. The second-order valence-electron chi connectivity index (χ2n) is 7.22. The molecule has 29 heavy (non-hydrogen) atoms. The van der Waals surface area contributed by atoms with Crippen LogP contribution in [0.5, 0.6) is 0 Å². The molecule has 0 radical (unpaired) electrons. The third-order valence-corrected chi connectivity index (χ3v) is 5.43. The van der Waals surface area contributed by atoms with E-state index in [4.69, 9.17) is 17.0 Å². The van der Waals surface area contributed by atoms with Gasteiger partial charge in [0.15, 0.2) is 5.11 Å². The van der Waals surface area contributed by atoms with Gasteiger partial charge in [-0.1, -0.05) is 18.2 Å². The van der Waals surface area contributed by atoms with E-state index in [1.54, 1.807) is 13.0 Å². The molecule has 6 heteroatoms. The van der Waals surface area contributed by atoms with Crippen molar-refractivity contribution < 1.29 is 9.53 Å². The molecule has 0 aromatic heterocycles. The maximum Gasteiger partial charge on any atom is 0.338 e. The zero-order valence-corrected chi connectivity index (χ0v) is 18.0. The normalized spacial score (nSPS) is 13.7. The van der Waals surface area contributed by atoms with Gasteiger partial charge in [0.25, 0.3) is 0 Å². The first-order valence-electron chi connectivity index (χ1n) is 10.2. The first-order chi connectivity index (χ1) is 14.1. The Labute approximate surface area is 178 Å². The van der Waals surface area contributed by atoms with Crippen molar-refractivity contribution in [3.63, 3.8) is 0 Å². The summed E-state index contributed by atoms with van der Waals surface area (Å²) in [5.74, 6) is -0.318. The van der Waals surface area contributed by atoms with Gasteiger partial charge in [-0.3, -0.25) is 0 Å². The largest absolute Gasteiger partial charge is 0.462 e. The number of piperidine rings is 1. The van der Waals surface area contributed by atoms with Crippen LogP contribution in [-0.2, 0) is 11.3 Å². The number of anilines is 2. The van der Waals surface area contributed by atoms with Gasteiger partial charge in [0, 0.05) is 31.0 Å². The summed E-state index contributed by atoms with van der Waals surface area (Å²) in [4.78, 5) is 14.5. The molecule has 2 aromatic rings. The van der Waals surface area contributed by atoms with Crippen LogP contribution in [0.3, 0.4) is 0 Å². The molecule has 1 fully saturated rings. The van der Waals surface area contributed by atoms with E-state index < -0.39 is 0 Å². The number of thiocarbonyl (C=S) groups is 1. The molecular weight excluding hydrogens is 382 g/mol. The minimum atomic E-state index is -0.318. The number of rotatable bonds is 6. The van der Waals surface area contributed by atoms with Crippen molar-refractivity contribution in [2.45, 2.75) is 39.7 Å². The number of carbonyl (C=O) groups is 1. The second-order valence-corrected chi connectivity index (χ2v) is 7.63. The zero-order chi connectivity index (χ0) is 20.6. The molecule has 0 aliphatic carbocycles. The number of nitrogens with one attached hydrogen (secondary N) is 2. The number of ether oxygens (including phenoxy) is 1. The second kappa shape index (κ2) is 10.3. The van der Waals surface area contributed by atoms with Crippen LogP contribution in [0.2, 0.25) is 0 Å². The molecule has 1 aliphatic rings. The molecule has 1 aliphatic heterocycles. The summed E-state index contributed by atoms with van der Waals surface area (Å²) < 4.78 is 5.11. The summed E-state index contributed by atoms with van der Waals surface area (Å²) in [7, 11) is 0. The Balaban J connectivity index is 1.55. The van der Waals surface area contributed by atoms with Gasteiger partial charge in [0.1, 0.15) is 0 Å². The number of carbonyl (C=O) groups excluding carboxylic acids is 1. The van der Waals surface area contributed by atoms with Crippen molar-refractivity contribution in [3.05, 3.63) is 59.2 Å². The lowest BCUT2D eigenvalue weighted by molar-refractivity contribution is 0.0525. The van der Waals surface area contributed by atoms with E-state index in [-0.39, 0.29) is 5.97 Å². The summed E-state index contributed by atoms with van der Waals surface area (Å²) >= 11 is 5.44. The Morgan fingerprint density at radius 3 is 2.52 bits per heavy atom. The van der Waals surface area contributed by atoms with Crippen molar-refractivity contribution in [1.29, 1.82) is 0 Å². The van der Waals surface area contributed by atoms with Crippen molar-refractivity contribution in [2.24, 2.45) is 0 Å². The number of benzene rings is 2. The predicted molar refractivity (Wildman–Crippen MR) is 123 cm³/mol. The van der Waals surface area contributed by atoms with Crippen LogP contribution in [0.4, 0.5) is 11.4 Å². The van der Waals surface area contributed by atoms with Gasteiger partial charge >= 0.3 is 5.97 Å². The molecule has 0 atom stereocenters. The van der Waals surface area contributed by atoms with Gasteiger partial charge in [-0.15, -0.1) is 0 Å². The highest BCUT2D eigenvalue weighted by molar-refractivity contribution is 7.80. The fourth-order valence-corrected chi connectivity index (χ4v) is 3.71. The van der Waals surface area contributed by atoms with Gasteiger partial charge in [-0.05, 0) is 80.7 Å². The molecule has 3 rings (SSSR count). The maximum atomic E-state index is 12.1. The lowest BCUT2D eigenvalue weighted by Crippen LogP contribution is -2.29. The quantitative estimate of drug-likeness (QED) is 0.533. The Morgan fingerprint density at radius 1 is 1.10 bits per heavy atom. The zero-order valence-electron chi connectivity index (χ0n) is 17.2. The predicted octanol–water partition coefficient (Wildman–Crippen LogP) is 4.65. The van der Waals surface area contributed by atoms with Crippen LogP contribution in [0.25, 0.3) is 0 Å². The van der Waals surface area contributed by atoms with Gasteiger partial charge in [-0.2, -0.15) is 0 Å². The third kappa shape index (κ3) is 5.70. The van der Waals surface area contributed by atoms with E-state index in [2.05, 4.69) is 39.8 Å². The highest BCUT2D eigenvalue weighted by Crippen LogP contribution is 2.21. The topological polar surface area (TPSA) is 53.6 Å². The maximum absolute atomic E-state index is 12.1. The van der Waals surface area contributed by atoms with Crippen LogP contribution >= 0.6 is 12.2 Å². The highest BCUT2D eigenvalue weighted by atomic mass is 32.1. The molecule has 0 spiro atoms. The molecule has 2 aromatic carbocycles. The van der Waals surface area contributed by atoms with E-state index >= 15 is 0 Å². The summed E-state index contributed by atoms with van der Waals surface area (Å²) in [5.41, 5.74) is 4.63. The molecule has 2 N–H and O–H groups in total. The van der Waals surface area contributed by atoms with Gasteiger partial charge in [-0.25, -0.2) is 4.79 Å². The van der Waals surface area contributed by atoms with Crippen LogP contribution in [0.15, 0.2) is 42.5 Å². The van der Waals surface area contributed by atoms with Crippen LogP contribution < -0.4 is 15.5 Å². The van der Waals surface area contributed by atoms with Gasteiger partial charge in [0.2, 0.25) is 0 Å². The molecule has 0 saturated carbocycles.